The minimum atomic E-state index is -0.573. The van der Waals surface area contributed by atoms with Crippen LogP contribution in [0.3, 0.4) is 0 Å². The topological polar surface area (TPSA) is 95.9 Å². The highest BCUT2D eigenvalue weighted by Gasteiger charge is 2.77. The summed E-state index contributed by atoms with van der Waals surface area (Å²) in [5.41, 5.74) is 0. The van der Waals surface area contributed by atoms with E-state index in [0.717, 1.165) is 38.5 Å². The number of rotatable bonds is 11. The number of thioether (sulfide) groups is 1. The Bertz CT molecular complexity index is 703. The maximum atomic E-state index is 13.7. The van der Waals surface area contributed by atoms with Crippen molar-refractivity contribution in [1.82, 2.24) is 10.2 Å². The maximum absolute atomic E-state index is 13.7. The molecule has 3 aliphatic heterocycles. The Morgan fingerprint density at radius 2 is 2.03 bits per heavy atom. The molecule has 0 aromatic rings. The summed E-state index contributed by atoms with van der Waals surface area (Å²) in [6.45, 7) is 8.81. The van der Waals surface area contributed by atoms with Gasteiger partial charge in [0.1, 0.15) is 6.04 Å². The first-order valence-corrected chi connectivity index (χ1v) is 12.7. The van der Waals surface area contributed by atoms with E-state index in [1.54, 1.807) is 23.6 Å². The Kier molecular flexibility index (Phi) is 7.62. The molecule has 3 saturated heterocycles. The molecule has 3 rings (SSSR count). The van der Waals surface area contributed by atoms with E-state index in [4.69, 9.17) is 9.84 Å². The van der Waals surface area contributed by atoms with Crippen LogP contribution in [0.25, 0.3) is 0 Å². The number of amides is 2. The summed E-state index contributed by atoms with van der Waals surface area (Å²) >= 11 is 1.68. The summed E-state index contributed by atoms with van der Waals surface area (Å²) in [4.78, 5) is 41.9. The molecule has 7 nitrogen and oxygen atoms in total. The van der Waals surface area contributed by atoms with Crippen molar-refractivity contribution in [3.63, 3.8) is 0 Å². The Morgan fingerprint density at radius 1 is 1.29 bits per heavy atom. The molecule has 1 spiro atoms. The molecule has 2 amide bonds. The molecular weight excluding hydrogens is 416 g/mol. The smallest absolute Gasteiger partial charge is 0.311 e. The lowest BCUT2D eigenvalue weighted by molar-refractivity contribution is -0.155. The second kappa shape index (κ2) is 9.69. The van der Waals surface area contributed by atoms with Crippen LogP contribution in [0.1, 0.15) is 72.6 Å². The Balaban J connectivity index is 1.92. The van der Waals surface area contributed by atoms with Crippen LogP contribution in [0.2, 0.25) is 0 Å². The second-order valence-corrected chi connectivity index (χ2v) is 11.4. The standard InChI is InChI=1S/C23H38N2O5S/c1-5-10-15(3)24-19(27)18-23-12-11-22(4,31-23)17(21(29)30-6-2)16(23)20(28)25(18)13-8-7-9-14-26/h15-18,26H,5-14H2,1-4H3,(H,24,27)/t15?,16-,17+,18?,22-,23?/m0/s1. The van der Waals surface area contributed by atoms with Gasteiger partial charge in [-0.15, -0.1) is 11.8 Å². The third-order valence-electron chi connectivity index (χ3n) is 7.23. The van der Waals surface area contributed by atoms with Crippen LogP contribution in [-0.2, 0) is 19.1 Å². The zero-order valence-electron chi connectivity index (χ0n) is 19.3. The van der Waals surface area contributed by atoms with Gasteiger partial charge < -0.3 is 20.1 Å². The first-order chi connectivity index (χ1) is 14.8. The van der Waals surface area contributed by atoms with Gasteiger partial charge >= 0.3 is 5.97 Å². The van der Waals surface area contributed by atoms with Crippen LogP contribution in [0.15, 0.2) is 0 Å². The number of nitrogens with one attached hydrogen (secondary N) is 1. The van der Waals surface area contributed by atoms with Gasteiger partial charge in [-0.3, -0.25) is 14.4 Å². The Labute approximate surface area is 190 Å². The molecule has 3 fully saturated rings. The van der Waals surface area contributed by atoms with E-state index < -0.39 is 22.6 Å². The van der Waals surface area contributed by atoms with Crippen molar-refractivity contribution in [2.75, 3.05) is 19.8 Å². The first-order valence-electron chi connectivity index (χ1n) is 11.8. The molecule has 8 heteroatoms. The number of ether oxygens (including phenoxy) is 1. The molecule has 3 heterocycles. The number of carbonyl (C=O) groups excluding carboxylic acids is 3. The summed E-state index contributed by atoms with van der Waals surface area (Å²) in [6.07, 6.45) is 5.63. The molecule has 176 valence electrons. The van der Waals surface area contributed by atoms with E-state index in [-0.39, 0.29) is 41.8 Å². The molecule has 2 N–H and O–H groups in total. The zero-order chi connectivity index (χ0) is 22.8. The number of carbonyl (C=O) groups is 3. The van der Waals surface area contributed by atoms with Crippen molar-refractivity contribution in [1.29, 1.82) is 0 Å². The van der Waals surface area contributed by atoms with E-state index in [1.165, 1.54) is 0 Å². The minimum Gasteiger partial charge on any atom is -0.466 e. The molecule has 2 bridgehead atoms. The van der Waals surface area contributed by atoms with Gasteiger partial charge in [0.05, 0.1) is 23.2 Å². The van der Waals surface area contributed by atoms with E-state index >= 15 is 0 Å². The summed E-state index contributed by atoms with van der Waals surface area (Å²) in [7, 11) is 0. The third-order valence-corrected chi connectivity index (χ3v) is 9.22. The lowest BCUT2D eigenvalue weighted by atomic mass is 9.66. The molecule has 0 saturated carbocycles. The van der Waals surface area contributed by atoms with E-state index in [1.807, 2.05) is 6.92 Å². The molecule has 0 radical (unpaired) electrons. The van der Waals surface area contributed by atoms with Gasteiger partial charge in [0.15, 0.2) is 0 Å². The number of aliphatic hydroxyl groups is 1. The van der Waals surface area contributed by atoms with Crippen LogP contribution in [-0.4, -0.2) is 69.1 Å². The number of likely N-dealkylation sites (tertiary alicyclic amines) is 1. The molecule has 0 aromatic carbocycles. The van der Waals surface area contributed by atoms with Gasteiger partial charge in [0.2, 0.25) is 11.8 Å². The monoisotopic (exact) mass is 454 g/mol. The van der Waals surface area contributed by atoms with Crippen LogP contribution in [0.4, 0.5) is 0 Å². The number of unbranched alkanes of at least 4 members (excludes halogenated alkanes) is 2. The quantitative estimate of drug-likeness (QED) is 0.368. The average molecular weight is 455 g/mol. The maximum Gasteiger partial charge on any atom is 0.311 e. The summed E-state index contributed by atoms with van der Waals surface area (Å²) in [5, 5.41) is 12.2. The van der Waals surface area contributed by atoms with E-state index in [2.05, 4.69) is 19.2 Å². The Morgan fingerprint density at radius 3 is 2.68 bits per heavy atom. The molecular formula is C23H38N2O5S. The highest BCUT2D eigenvalue weighted by Crippen LogP contribution is 2.71. The van der Waals surface area contributed by atoms with Gasteiger partial charge in [0, 0.05) is 23.9 Å². The van der Waals surface area contributed by atoms with Gasteiger partial charge in [-0.25, -0.2) is 0 Å². The fourth-order valence-electron chi connectivity index (χ4n) is 5.95. The van der Waals surface area contributed by atoms with Gasteiger partial charge in [-0.05, 0) is 59.3 Å². The SMILES string of the molecule is CCCC(C)NC(=O)C1N(CCCCCO)C(=O)[C@@H]2[C@H](C(=O)OCC)[C@]3(C)CCC12S3. The molecule has 0 aromatic heterocycles. The van der Waals surface area contributed by atoms with Crippen LogP contribution in [0, 0.1) is 11.8 Å². The zero-order valence-corrected chi connectivity index (χ0v) is 20.1. The first kappa shape index (κ1) is 24.4. The molecule has 0 aliphatic carbocycles. The molecule has 31 heavy (non-hydrogen) atoms. The number of aliphatic hydroxyl groups excluding tert-OH is 1. The molecule has 6 atom stereocenters. The van der Waals surface area contributed by atoms with Crippen molar-refractivity contribution >= 4 is 29.5 Å². The van der Waals surface area contributed by atoms with Crippen LogP contribution < -0.4 is 5.32 Å². The number of esters is 1. The average Bonchev–Trinajstić information content (AvgIpc) is 3.26. The molecule has 3 unspecified atom stereocenters. The van der Waals surface area contributed by atoms with Gasteiger partial charge in [-0.1, -0.05) is 13.3 Å². The van der Waals surface area contributed by atoms with E-state index in [0.29, 0.717) is 13.0 Å². The van der Waals surface area contributed by atoms with Crippen LogP contribution in [0.5, 0.6) is 0 Å². The van der Waals surface area contributed by atoms with Crippen LogP contribution >= 0.6 is 11.8 Å². The number of hydrogen-bond donors (Lipinski definition) is 2. The highest BCUT2D eigenvalue weighted by molar-refractivity contribution is 8.02. The predicted molar refractivity (Wildman–Crippen MR) is 121 cm³/mol. The lowest BCUT2D eigenvalue weighted by Crippen LogP contribution is -2.55. The molecule has 3 aliphatic rings. The second-order valence-electron chi connectivity index (χ2n) is 9.49. The minimum absolute atomic E-state index is 0.0411. The highest BCUT2D eigenvalue weighted by atomic mass is 32.2. The van der Waals surface area contributed by atoms with Gasteiger partial charge in [-0.2, -0.15) is 0 Å². The fourth-order valence-corrected chi connectivity index (χ4v) is 8.30. The number of fused-ring (bicyclic) bond motifs is 1. The van der Waals surface area contributed by atoms with Crippen molar-refractivity contribution in [2.24, 2.45) is 11.8 Å². The normalized spacial score (nSPS) is 34.7. The number of nitrogens with zero attached hydrogens (tertiary/aromatic N) is 1. The van der Waals surface area contributed by atoms with Crippen molar-refractivity contribution in [3.8, 4) is 0 Å². The number of hydrogen-bond acceptors (Lipinski definition) is 6. The fraction of sp³-hybridized carbons (Fsp3) is 0.870. The van der Waals surface area contributed by atoms with E-state index in [9.17, 15) is 14.4 Å². The lowest BCUT2D eigenvalue weighted by Gasteiger charge is -2.35. The Hall–Kier alpha value is -1.28. The summed E-state index contributed by atoms with van der Waals surface area (Å²) < 4.78 is 4.44. The summed E-state index contributed by atoms with van der Waals surface area (Å²) in [5.74, 6) is -1.51. The van der Waals surface area contributed by atoms with Crippen molar-refractivity contribution < 1.29 is 24.2 Å². The van der Waals surface area contributed by atoms with Crippen molar-refractivity contribution in [2.45, 2.75) is 94.2 Å². The van der Waals surface area contributed by atoms with Gasteiger partial charge in [0.25, 0.3) is 0 Å². The summed E-state index contributed by atoms with van der Waals surface area (Å²) in [6, 6.07) is -0.524. The predicted octanol–water partition coefficient (Wildman–Crippen LogP) is 2.50. The third kappa shape index (κ3) is 4.22. The largest absolute Gasteiger partial charge is 0.466 e. The van der Waals surface area contributed by atoms with Crippen molar-refractivity contribution in [3.05, 3.63) is 0 Å².